The van der Waals surface area contributed by atoms with E-state index in [2.05, 4.69) is 6.92 Å². The third-order valence-corrected chi connectivity index (χ3v) is 4.14. The summed E-state index contributed by atoms with van der Waals surface area (Å²) >= 11 is 0. The van der Waals surface area contributed by atoms with E-state index in [0.29, 0.717) is 13.0 Å². The van der Waals surface area contributed by atoms with Crippen LogP contribution >= 0.6 is 0 Å². The van der Waals surface area contributed by atoms with E-state index in [1.165, 1.54) is 17.0 Å². The minimum Gasteiger partial charge on any atom is -0.309 e. The Morgan fingerprint density at radius 1 is 1.13 bits per heavy atom. The molecule has 0 fully saturated rings. The summed E-state index contributed by atoms with van der Waals surface area (Å²) in [6.45, 7) is 8.23. The van der Waals surface area contributed by atoms with Crippen LogP contribution in [0.4, 0.5) is 14.5 Å². The van der Waals surface area contributed by atoms with Crippen LogP contribution in [0.25, 0.3) is 0 Å². The Morgan fingerprint density at radius 3 is 2.30 bits per heavy atom. The van der Waals surface area contributed by atoms with E-state index in [-0.39, 0.29) is 33.3 Å². The Labute approximate surface area is 153 Å². The summed E-state index contributed by atoms with van der Waals surface area (Å²) in [5.41, 5.74) is -0.393. The van der Waals surface area contributed by atoms with E-state index in [0.717, 1.165) is 31.7 Å². The smallest absolute Gasteiger partial charge is 0.232 e. The van der Waals surface area contributed by atoms with Gasteiger partial charge in [-0.15, -0.1) is 0 Å². The predicted molar refractivity (Wildman–Crippen MR) is 86.9 cm³/mol. The molecule has 1 amide bonds. The van der Waals surface area contributed by atoms with Gasteiger partial charge in [0.1, 0.15) is 11.6 Å². The zero-order chi connectivity index (χ0) is 16.8. The molecule has 1 rings (SSSR count). The summed E-state index contributed by atoms with van der Waals surface area (Å²) in [7, 11) is 0. The van der Waals surface area contributed by atoms with Crippen molar-refractivity contribution >= 4 is 11.6 Å². The number of hydrogen-bond acceptors (Lipinski definition) is 1. The van der Waals surface area contributed by atoms with E-state index in [9.17, 15) is 13.6 Å². The largest absolute Gasteiger partial charge is 0.309 e. The molecule has 0 unspecified atom stereocenters. The number of carbonyl (C=O) groups is 1. The standard InChI is InChI=1S/C18H27F2NO.Ti/c1-5-7-8-9-12-21(17(22)18(3,4)6-2)16-11-10-14(19)13-15(16)20;/h10-11,13H,5-9,12H2,1-4H3;. The molecule has 0 saturated carbocycles. The van der Waals surface area contributed by atoms with Gasteiger partial charge in [0.2, 0.25) is 5.91 Å². The number of anilines is 1. The molecule has 0 atom stereocenters. The number of benzene rings is 1. The Balaban J connectivity index is 0.00000484. The normalized spacial score (nSPS) is 11.0. The summed E-state index contributed by atoms with van der Waals surface area (Å²) in [6, 6.07) is 3.39. The average molecular weight is 359 g/mol. The second-order valence-corrected chi connectivity index (χ2v) is 6.35. The summed E-state index contributed by atoms with van der Waals surface area (Å²) < 4.78 is 27.2. The molecule has 0 radical (unpaired) electrons. The van der Waals surface area contributed by atoms with Gasteiger partial charge < -0.3 is 4.90 Å². The van der Waals surface area contributed by atoms with Crippen molar-refractivity contribution in [2.45, 2.75) is 59.8 Å². The van der Waals surface area contributed by atoms with Crippen LogP contribution in [0.15, 0.2) is 18.2 Å². The van der Waals surface area contributed by atoms with Crippen molar-refractivity contribution in [2.75, 3.05) is 11.4 Å². The third-order valence-electron chi connectivity index (χ3n) is 4.14. The fourth-order valence-corrected chi connectivity index (χ4v) is 2.24. The number of carbonyl (C=O) groups excluding carboxylic acids is 1. The second kappa shape index (κ2) is 10.2. The van der Waals surface area contributed by atoms with Crippen LogP contribution < -0.4 is 4.90 Å². The summed E-state index contributed by atoms with van der Waals surface area (Å²) in [5.74, 6) is -1.43. The molecule has 0 spiro atoms. The van der Waals surface area contributed by atoms with Crippen molar-refractivity contribution in [3.05, 3.63) is 29.8 Å². The first kappa shape index (κ1) is 22.3. The molecule has 0 N–H and O–H groups in total. The fourth-order valence-electron chi connectivity index (χ4n) is 2.24. The fraction of sp³-hybridized carbons (Fsp3) is 0.611. The van der Waals surface area contributed by atoms with Crippen molar-refractivity contribution < 1.29 is 35.3 Å². The minimum absolute atomic E-state index is 0. The molecule has 0 aromatic heterocycles. The summed E-state index contributed by atoms with van der Waals surface area (Å²) in [4.78, 5) is 14.2. The van der Waals surface area contributed by atoms with Crippen LogP contribution in [0.5, 0.6) is 0 Å². The monoisotopic (exact) mass is 359 g/mol. The van der Waals surface area contributed by atoms with Crippen molar-refractivity contribution in [3.63, 3.8) is 0 Å². The molecule has 0 heterocycles. The molecule has 5 heteroatoms. The van der Waals surface area contributed by atoms with Crippen molar-refractivity contribution in [2.24, 2.45) is 5.41 Å². The first-order chi connectivity index (χ1) is 10.3. The average Bonchev–Trinajstić information content (AvgIpc) is 2.48. The molecule has 1 aromatic carbocycles. The zero-order valence-corrected chi connectivity index (χ0v) is 16.1. The molecule has 0 aliphatic heterocycles. The first-order valence-corrected chi connectivity index (χ1v) is 8.10. The molecule has 1 aromatic rings. The van der Waals surface area contributed by atoms with E-state index in [1.807, 2.05) is 20.8 Å². The molecule has 0 bridgehead atoms. The van der Waals surface area contributed by atoms with Gasteiger partial charge in [0.15, 0.2) is 0 Å². The maximum atomic E-state index is 14.1. The topological polar surface area (TPSA) is 20.3 Å². The Bertz CT molecular complexity index is 506. The first-order valence-electron chi connectivity index (χ1n) is 8.10. The molecule has 128 valence electrons. The minimum atomic E-state index is -0.684. The molecule has 2 nitrogen and oxygen atoms in total. The Morgan fingerprint density at radius 2 is 1.78 bits per heavy atom. The van der Waals surface area contributed by atoms with Gasteiger partial charge in [0, 0.05) is 39.7 Å². The molecule has 0 aliphatic carbocycles. The van der Waals surface area contributed by atoms with Gasteiger partial charge in [-0.3, -0.25) is 4.79 Å². The van der Waals surface area contributed by atoms with Gasteiger partial charge in [0.05, 0.1) is 5.69 Å². The van der Waals surface area contributed by atoms with Crippen LogP contribution in [-0.2, 0) is 26.5 Å². The van der Waals surface area contributed by atoms with Crippen molar-refractivity contribution in [1.82, 2.24) is 0 Å². The van der Waals surface area contributed by atoms with Gasteiger partial charge in [-0.2, -0.15) is 0 Å². The molecular formula is C18H27F2NOTi. The van der Waals surface area contributed by atoms with E-state index < -0.39 is 17.0 Å². The van der Waals surface area contributed by atoms with Gasteiger partial charge >= 0.3 is 0 Å². The van der Waals surface area contributed by atoms with E-state index in [1.54, 1.807) is 0 Å². The number of amides is 1. The number of halogens is 2. The van der Waals surface area contributed by atoms with Crippen LogP contribution in [0.3, 0.4) is 0 Å². The van der Waals surface area contributed by atoms with Crippen molar-refractivity contribution in [3.8, 4) is 0 Å². The van der Waals surface area contributed by atoms with Crippen LogP contribution in [-0.4, -0.2) is 12.5 Å². The van der Waals surface area contributed by atoms with Crippen LogP contribution in [0.2, 0.25) is 0 Å². The molecular weight excluding hydrogens is 332 g/mol. The van der Waals surface area contributed by atoms with Gasteiger partial charge in [-0.1, -0.05) is 47.0 Å². The van der Waals surface area contributed by atoms with E-state index in [4.69, 9.17) is 0 Å². The van der Waals surface area contributed by atoms with Gasteiger partial charge in [-0.05, 0) is 25.0 Å². The van der Waals surface area contributed by atoms with Crippen LogP contribution in [0, 0.1) is 17.0 Å². The number of rotatable bonds is 8. The van der Waals surface area contributed by atoms with Gasteiger partial charge in [-0.25, -0.2) is 8.78 Å². The molecule has 23 heavy (non-hydrogen) atoms. The maximum Gasteiger partial charge on any atom is 0.232 e. The van der Waals surface area contributed by atoms with Crippen molar-refractivity contribution in [1.29, 1.82) is 0 Å². The Hall–Kier alpha value is -0.736. The second-order valence-electron chi connectivity index (χ2n) is 6.35. The van der Waals surface area contributed by atoms with Gasteiger partial charge in [0.25, 0.3) is 0 Å². The number of nitrogens with zero attached hydrogens (tertiary/aromatic N) is 1. The third kappa shape index (κ3) is 6.35. The maximum absolute atomic E-state index is 14.1. The number of unbranched alkanes of at least 4 members (excludes halogenated alkanes) is 3. The zero-order valence-electron chi connectivity index (χ0n) is 14.6. The Kier molecular flexibility index (Phi) is 9.87. The quantitative estimate of drug-likeness (QED) is 0.455. The van der Waals surface area contributed by atoms with Crippen LogP contribution in [0.1, 0.15) is 59.8 Å². The molecule has 0 aliphatic rings. The summed E-state index contributed by atoms with van der Waals surface area (Å²) in [5, 5.41) is 0. The summed E-state index contributed by atoms with van der Waals surface area (Å²) in [6.07, 6.45) is 4.66. The SMILES string of the molecule is CCCCCCN(C(=O)C(C)(C)CC)c1ccc(F)cc1F.[Ti]. The number of hydrogen-bond donors (Lipinski definition) is 0. The predicted octanol–water partition coefficient (Wildman–Crippen LogP) is 5.31. The van der Waals surface area contributed by atoms with E-state index >= 15 is 0 Å². The molecule has 0 saturated heterocycles.